The lowest BCUT2D eigenvalue weighted by atomic mass is 9.95. The Labute approximate surface area is 137 Å². The fourth-order valence-electron chi connectivity index (χ4n) is 2.14. The zero-order chi connectivity index (χ0) is 17.9. The number of rotatable bonds is 5. The molecule has 0 aliphatic rings. The molecule has 0 saturated carbocycles. The van der Waals surface area contributed by atoms with Crippen LogP contribution in [0.5, 0.6) is 11.5 Å². The number of hydrogen-bond acceptors (Lipinski definition) is 4. The van der Waals surface area contributed by atoms with Gasteiger partial charge in [-0.05, 0) is 50.8 Å². The van der Waals surface area contributed by atoms with Gasteiger partial charge in [-0.1, -0.05) is 19.9 Å². The fraction of sp³-hybridized carbons (Fsp3) is 0.500. The highest BCUT2D eigenvalue weighted by Gasteiger charge is 2.27. The van der Waals surface area contributed by atoms with Crippen molar-refractivity contribution in [2.24, 2.45) is 5.92 Å². The molecule has 1 aromatic rings. The SMILES string of the molecule is Cc1c(C)c(O)c(C=CC(C)(O)C(=O)NCC(C)C)c(C)c1O. The molecule has 4 N–H and O–H groups in total. The summed E-state index contributed by atoms with van der Waals surface area (Å²) >= 11 is 0. The van der Waals surface area contributed by atoms with Gasteiger partial charge in [0.1, 0.15) is 11.5 Å². The minimum Gasteiger partial charge on any atom is -0.507 e. The average Bonchev–Trinajstić information content (AvgIpc) is 2.48. The summed E-state index contributed by atoms with van der Waals surface area (Å²) in [6.07, 6.45) is 2.78. The van der Waals surface area contributed by atoms with E-state index in [9.17, 15) is 20.1 Å². The molecule has 5 heteroatoms. The first-order chi connectivity index (χ1) is 10.5. The maximum atomic E-state index is 12.0. The Balaban J connectivity index is 3.12. The number of nitrogens with one attached hydrogen (secondary N) is 1. The van der Waals surface area contributed by atoms with Crippen molar-refractivity contribution in [3.63, 3.8) is 0 Å². The topological polar surface area (TPSA) is 89.8 Å². The Morgan fingerprint density at radius 1 is 1.13 bits per heavy atom. The molecule has 1 amide bonds. The van der Waals surface area contributed by atoms with Gasteiger partial charge in [0.05, 0.1) is 0 Å². The normalized spacial score (nSPS) is 14.3. The zero-order valence-electron chi connectivity index (χ0n) is 14.7. The van der Waals surface area contributed by atoms with Crippen molar-refractivity contribution in [3.8, 4) is 11.5 Å². The molecule has 0 radical (unpaired) electrons. The monoisotopic (exact) mass is 321 g/mol. The van der Waals surface area contributed by atoms with Crippen LogP contribution in [0.2, 0.25) is 0 Å². The molecule has 0 saturated heterocycles. The van der Waals surface area contributed by atoms with E-state index in [1.54, 1.807) is 20.8 Å². The number of aliphatic hydroxyl groups is 1. The summed E-state index contributed by atoms with van der Waals surface area (Å²) in [5.74, 6) is -0.0920. The summed E-state index contributed by atoms with van der Waals surface area (Å²) < 4.78 is 0. The largest absolute Gasteiger partial charge is 0.507 e. The van der Waals surface area contributed by atoms with E-state index in [0.29, 0.717) is 28.8 Å². The second kappa shape index (κ2) is 7.04. The van der Waals surface area contributed by atoms with Gasteiger partial charge in [-0.3, -0.25) is 4.79 Å². The van der Waals surface area contributed by atoms with Gasteiger partial charge in [-0.25, -0.2) is 0 Å². The van der Waals surface area contributed by atoms with E-state index in [1.807, 2.05) is 13.8 Å². The highest BCUT2D eigenvalue weighted by Crippen LogP contribution is 2.37. The van der Waals surface area contributed by atoms with Crippen LogP contribution in [0.1, 0.15) is 43.0 Å². The molecular weight excluding hydrogens is 294 g/mol. The molecule has 1 unspecified atom stereocenters. The van der Waals surface area contributed by atoms with Gasteiger partial charge < -0.3 is 20.6 Å². The van der Waals surface area contributed by atoms with Gasteiger partial charge in [0, 0.05) is 17.7 Å². The number of phenols is 2. The van der Waals surface area contributed by atoms with Gasteiger partial charge in [0.25, 0.3) is 5.91 Å². The summed E-state index contributed by atoms with van der Waals surface area (Å²) in [4.78, 5) is 12.0. The average molecular weight is 321 g/mol. The number of aromatic hydroxyl groups is 2. The van der Waals surface area contributed by atoms with Crippen LogP contribution in [0.3, 0.4) is 0 Å². The highest BCUT2D eigenvalue weighted by atomic mass is 16.3. The van der Waals surface area contributed by atoms with E-state index < -0.39 is 11.5 Å². The quantitative estimate of drug-likeness (QED) is 0.627. The molecule has 1 rings (SSSR count). The molecule has 128 valence electrons. The van der Waals surface area contributed by atoms with E-state index in [4.69, 9.17) is 0 Å². The first kappa shape index (κ1) is 19.0. The summed E-state index contributed by atoms with van der Waals surface area (Å²) in [6.45, 7) is 10.9. The Hall–Kier alpha value is -2.01. The number of phenolic OH excluding ortho intramolecular Hbond substituents is 2. The summed E-state index contributed by atoms with van der Waals surface area (Å²) in [6, 6.07) is 0. The molecule has 5 nitrogen and oxygen atoms in total. The van der Waals surface area contributed by atoms with Crippen LogP contribution in [-0.2, 0) is 4.79 Å². The maximum Gasteiger partial charge on any atom is 0.255 e. The molecule has 0 aliphatic heterocycles. The first-order valence-corrected chi connectivity index (χ1v) is 7.70. The summed E-state index contributed by atoms with van der Waals surface area (Å²) in [5, 5.41) is 33.3. The standard InChI is InChI=1S/C18H27NO4/c1-10(2)9-19-17(22)18(6,23)8-7-14-13(5)15(20)11(3)12(4)16(14)21/h7-8,10,20-21,23H,9H2,1-6H3,(H,19,22). The van der Waals surface area contributed by atoms with Crippen LogP contribution in [0, 0.1) is 26.7 Å². The molecule has 23 heavy (non-hydrogen) atoms. The van der Waals surface area contributed by atoms with E-state index in [-0.39, 0.29) is 17.4 Å². The van der Waals surface area contributed by atoms with E-state index in [0.717, 1.165) is 0 Å². The number of carbonyl (C=O) groups excluding carboxylic acids is 1. The molecule has 0 aromatic heterocycles. The third-order valence-electron chi connectivity index (χ3n) is 3.99. The predicted octanol–water partition coefficient (Wildman–Crippen LogP) is 2.56. The second-order valence-corrected chi connectivity index (χ2v) is 6.57. The third kappa shape index (κ3) is 4.26. The minimum atomic E-state index is -1.71. The lowest BCUT2D eigenvalue weighted by molar-refractivity contribution is -0.134. The molecule has 0 bridgehead atoms. The summed E-state index contributed by atoms with van der Waals surface area (Å²) in [5.41, 5.74) is 0.361. The van der Waals surface area contributed by atoms with Crippen molar-refractivity contribution in [2.75, 3.05) is 6.54 Å². The molecule has 1 atom stereocenters. The number of hydrogen-bond donors (Lipinski definition) is 4. The van der Waals surface area contributed by atoms with Crippen LogP contribution in [0.4, 0.5) is 0 Å². The Morgan fingerprint density at radius 2 is 1.65 bits per heavy atom. The molecule has 0 fully saturated rings. The van der Waals surface area contributed by atoms with Crippen LogP contribution in [0.15, 0.2) is 6.08 Å². The second-order valence-electron chi connectivity index (χ2n) is 6.57. The molecule has 0 aliphatic carbocycles. The van der Waals surface area contributed by atoms with Gasteiger partial charge >= 0.3 is 0 Å². The zero-order valence-corrected chi connectivity index (χ0v) is 14.7. The molecule has 0 spiro atoms. The Kier molecular flexibility index (Phi) is 5.83. The van der Waals surface area contributed by atoms with Gasteiger partial charge in [-0.2, -0.15) is 0 Å². The lowest BCUT2D eigenvalue weighted by Crippen LogP contribution is -2.44. The number of carbonyl (C=O) groups is 1. The van der Waals surface area contributed by atoms with Gasteiger partial charge in [0.2, 0.25) is 0 Å². The molecule has 1 aromatic carbocycles. The number of benzene rings is 1. The Bertz CT molecular complexity index is 601. The predicted molar refractivity (Wildman–Crippen MR) is 91.5 cm³/mol. The molecule has 0 heterocycles. The number of amides is 1. The van der Waals surface area contributed by atoms with Gasteiger partial charge in [-0.15, -0.1) is 0 Å². The fourth-order valence-corrected chi connectivity index (χ4v) is 2.14. The van der Waals surface area contributed by atoms with E-state index in [2.05, 4.69) is 5.32 Å². The van der Waals surface area contributed by atoms with Crippen molar-refractivity contribution in [1.82, 2.24) is 5.32 Å². The van der Waals surface area contributed by atoms with E-state index >= 15 is 0 Å². The van der Waals surface area contributed by atoms with Crippen molar-refractivity contribution in [1.29, 1.82) is 0 Å². The van der Waals surface area contributed by atoms with Crippen LogP contribution < -0.4 is 5.32 Å². The minimum absolute atomic E-state index is 0.0347. The highest BCUT2D eigenvalue weighted by molar-refractivity contribution is 5.88. The van der Waals surface area contributed by atoms with Crippen LogP contribution in [0.25, 0.3) is 6.08 Å². The van der Waals surface area contributed by atoms with Gasteiger partial charge in [0.15, 0.2) is 5.60 Å². The van der Waals surface area contributed by atoms with Crippen molar-refractivity contribution >= 4 is 12.0 Å². The van der Waals surface area contributed by atoms with Crippen molar-refractivity contribution < 1.29 is 20.1 Å². The maximum absolute atomic E-state index is 12.0. The smallest absolute Gasteiger partial charge is 0.255 e. The van der Waals surface area contributed by atoms with Crippen LogP contribution in [-0.4, -0.2) is 33.4 Å². The third-order valence-corrected chi connectivity index (χ3v) is 3.99. The first-order valence-electron chi connectivity index (χ1n) is 7.70. The van der Waals surface area contributed by atoms with E-state index in [1.165, 1.54) is 19.1 Å². The Morgan fingerprint density at radius 3 is 2.17 bits per heavy atom. The molecular formula is C18H27NO4. The van der Waals surface area contributed by atoms with Crippen molar-refractivity contribution in [3.05, 3.63) is 28.3 Å². The summed E-state index contributed by atoms with van der Waals surface area (Å²) in [7, 11) is 0. The van der Waals surface area contributed by atoms with Crippen molar-refractivity contribution in [2.45, 2.75) is 47.1 Å². The lowest BCUT2D eigenvalue weighted by Gasteiger charge is -2.20. The van der Waals surface area contributed by atoms with Crippen LogP contribution >= 0.6 is 0 Å².